The van der Waals surface area contributed by atoms with Gasteiger partial charge in [-0.05, 0) is 22.4 Å². The van der Waals surface area contributed by atoms with Crippen molar-refractivity contribution >= 4 is 27.7 Å². The number of Topliss-reactive ketones (excluding diaryl/α,β-unsaturated/α-hetero) is 1. The minimum atomic E-state index is -0.479. The van der Waals surface area contributed by atoms with Crippen LogP contribution >= 0.6 is 15.9 Å². The number of halogens is 1. The molecule has 1 aromatic heterocycles. The van der Waals surface area contributed by atoms with Crippen LogP contribution in [0, 0.1) is 0 Å². The number of hydrogen-bond donors (Lipinski definition) is 0. The van der Waals surface area contributed by atoms with Crippen LogP contribution < -0.4 is 0 Å². The van der Waals surface area contributed by atoms with E-state index < -0.39 is 5.97 Å². The molecule has 1 heterocycles. The number of ether oxygens (including phenoxy) is 1. The molecule has 1 aliphatic carbocycles. The van der Waals surface area contributed by atoms with Gasteiger partial charge in [0, 0.05) is 12.5 Å². The standard InChI is InChI=1S/C9H9BrN2O3/c1-15-9(14)6-4-8(10)11-12(6)5-2-3-7(5)13/h4-5H,2-3H2,1H3. The maximum absolute atomic E-state index is 11.4. The first-order chi connectivity index (χ1) is 7.13. The number of nitrogens with zero attached hydrogens (tertiary/aromatic N) is 2. The van der Waals surface area contributed by atoms with Crippen molar-refractivity contribution in [1.29, 1.82) is 0 Å². The largest absolute Gasteiger partial charge is 0.464 e. The molecule has 0 radical (unpaired) electrons. The van der Waals surface area contributed by atoms with E-state index >= 15 is 0 Å². The maximum Gasteiger partial charge on any atom is 0.356 e. The van der Waals surface area contributed by atoms with Crippen molar-refractivity contribution in [2.45, 2.75) is 18.9 Å². The Labute approximate surface area is 94.5 Å². The third-order valence-corrected chi connectivity index (χ3v) is 2.82. The van der Waals surface area contributed by atoms with Crippen LogP contribution in [0.4, 0.5) is 0 Å². The molecule has 1 unspecified atom stereocenters. The van der Waals surface area contributed by atoms with Gasteiger partial charge < -0.3 is 4.74 Å². The average molecular weight is 273 g/mol. The summed E-state index contributed by atoms with van der Waals surface area (Å²) < 4.78 is 6.57. The number of carbonyl (C=O) groups excluding carboxylic acids is 2. The molecule has 1 saturated carbocycles. The normalized spacial score (nSPS) is 19.9. The van der Waals surface area contributed by atoms with Crippen LogP contribution in [0.15, 0.2) is 10.7 Å². The van der Waals surface area contributed by atoms with E-state index in [0.717, 1.165) is 6.42 Å². The van der Waals surface area contributed by atoms with E-state index in [2.05, 4.69) is 25.8 Å². The monoisotopic (exact) mass is 272 g/mol. The molecule has 0 amide bonds. The predicted molar refractivity (Wildman–Crippen MR) is 54.5 cm³/mol. The molecule has 80 valence electrons. The van der Waals surface area contributed by atoms with Gasteiger partial charge in [-0.1, -0.05) is 0 Å². The highest BCUT2D eigenvalue weighted by molar-refractivity contribution is 9.10. The van der Waals surface area contributed by atoms with Crippen molar-refractivity contribution in [1.82, 2.24) is 9.78 Å². The predicted octanol–water partition coefficient (Wildman–Crippen LogP) is 1.34. The van der Waals surface area contributed by atoms with E-state index in [4.69, 9.17) is 0 Å². The molecule has 5 nitrogen and oxygen atoms in total. The van der Waals surface area contributed by atoms with Gasteiger partial charge in [-0.25, -0.2) is 9.48 Å². The Balaban J connectivity index is 2.37. The van der Waals surface area contributed by atoms with Crippen LogP contribution in [0.25, 0.3) is 0 Å². The Bertz CT molecular complexity index is 427. The lowest BCUT2D eigenvalue weighted by atomic mass is 9.91. The van der Waals surface area contributed by atoms with Gasteiger partial charge in [-0.3, -0.25) is 4.79 Å². The summed E-state index contributed by atoms with van der Waals surface area (Å²) in [7, 11) is 1.30. The fraction of sp³-hybridized carbons (Fsp3) is 0.444. The van der Waals surface area contributed by atoms with Crippen LogP contribution in [0.1, 0.15) is 29.4 Å². The zero-order valence-electron chi connectivity index (χ0n) is 8.07. The molecule has 1 atom stereocenters. The van der Waals surface area contributed by atoms with Gasteiger partial charge in [0.05, 0.1) is 7.11 Å². The Morgan fingerprint density at radius 3 is 2.93 bits per heavy atom. The van der Waals surface area contributed by atoms with E-state index in [1.165, 1.54) is 11.8 Å². The SMILES string of the molecule is COC(=O)c1cc(Br)nn1C1CCC1=O. The van der Waals surface area contributed by atoms with Gasteiger partial charge >= 0.3 is 5.97 Å². The first kappa shape index (κ1) is 10.4. The van der Waals surface area contributed by atoms with Crippen LogP contribution in [0.3, 0.4) is 0 Å². The summed E-state index contributed by atoms with van der Waals surface area (Å²) in [6, 6.07) is 1.25. The Hall–Kier alpha value is -1.17. The molecule has 15 heavy (non-hydrogen) atoms. The lowest BCUT2D eigenvalue weighted by molar-refractivity contribution is -0.128. The van der Waals surface area contributed by atoms with Crippen LogP contribution in [0.5, 0.6) is 0 Å². The summed E-state index contributed by atoms with van der Waals surface area (Å²) in [6.45, 7) is 0. The lowest BCUT2D eigenvalue weighted by Gasteiger charge is -2.25. The van der Waals surface area contributed by atoms with Crippen molar-refractivity contribution in [3.05, 3.63) is 16.4 Å². The van der Waals surface area contributed by atoms with E-state index in [1.807, 2.05) is 0 Å². The minimum absolute atomic E-state index is 0.107. The summed E-state index contributed by atoms with van der Waals surface area (Å²) in [4.78, 5) is 22.7. The summed E-state index contributed by atoms with van der Waals surface area (Å²) in [5.41, 5.74) is 0.308. The molecule has 1 fully saturated rings. The molecule has 1 aromatic rings. The van der Waals surface area contributed by atoms with Crippen molar-refractivity contribution in [3.8, 4) is 0 Å². The number of ketones is 1. The summed E-state index contributed by atoms with van der Waals surface area (Å²) in [6.07, 6.45) is 1.29. The van der Waals surface area contributed by atoms with Crippen molar-refractivity contribution in [3.63, 3.8) is 0 Å². The van der Waals surface area contributed by atoms with E-state index in [0.29, 0.717) is 16.7 Å². The van der Waals surface area contributed by atoms with Crippen LogP contribution in [0.2, 0.25) is 0 Å². The third kappa shape index (κ3) is 1.69. The van der Waals surface area contributed by atoms with Crippen molar-refractivity contribution < 1.29 is 14.3 Å². The second kappa shape index (κ2) is 3.77. The number of carbonyl (C=O) groups is 2. The van der Waals surface area contributed by atoms with E-state index in [1.54, 1.807) is 6.07 Å². The number of esters is 1. The Morgan fingerprint density at radius 1 is 1.73 bits per heavy atom. The quantitative estimate of drug-likeness (QED) is 0.763. The summed E-state index contributed by atoms with van der Waals surface area (Å²) in [5, 5.41) is 4.06. The molecule has 0 bridgehead atoms. The molecule has 0 aliphatic heterocycles. The Kier molecular flexibility index (Phi) is 2.60. The van der Waals surface area contributed by atoms with Gasteiger partial charge in [0.25, 0.3) is 0 Å². The summed E-state index contributed by atoms with van der Waals surface area (Å²) in [5.74, 6) is -0.372. The molecular formula is C9H9BrN2O3. The maximum atomic E-state index is 11.4. The third-order valence-electron chi connectivity index (χ3n) is 2.43. The van der Waals surface area contributed by atoms with Gasteiger partial charge in [0.2, 0.25) is 0 Å². The Morgan fingerprint density at radius 2 is 2.47 bits per heavy atom. The van der Waals surface area contributed by atoms with Gasteiger partial charge in [0.15, 0.2) is 5.78 Å². The fourth-order valence-electron chi connectivity index (χ4n) is 1.51. The molecular weight excluding hydrogens is 264 g/mol. The van der Waals surface area contributed by atoms with Crippen molar-refractivity contribution in [2.24, 2.45) is 0 Å². The van der Waals surface area contributed by atoms with Crippen LogP contribution in [-0.4, -0.2) is 28.6 Å². The zero-order chi connectivity index (χ0) is 11.0. The summed E-state index contributed by atoms with van der Waals surface area (Å²) >= 11 is 3.17. The lowest BCUT2D eigenvalue weighted by Crippen LogP contribution is -2.32. The topological polar surface area (TPSA) is 61.2 Å². The molecule has 0 saturated heterocycles. The number of hydrogen-bond acceptors (Lipinski definition) is 4. The first-order valence-corrected chi connectivity index (χ1v) is 5.29. The van der Waals surface area contributed by atoms with Gasteiger partial charge in [-0.15, -0.1) is 0 Å². The number of aromatic nitrogens is 2. The second-order valence-electron chi connectivity index (χ2n) is 3.31. The number of rotatable bonds is 2. The van der Waals surface area contributed by atoms with Crippen molar-refractivity contribution in [2.75, 3.05) is 7.11 Å². The van der Waals surface area contributed by atoms with Crippen LogP contribution in [-0.2, 0) is 9.53 Å². The molecule has 6 heteroatoms. The second-order valence-corrected chi connectivity index (χ2v) is 4.12. The smallest absolute Gasteiger partial charge is 0.356 e. The van der Waals surface area contributed by atoms with E-state index in [9.17, 15) is 9.59 Å². The molecule has 2 rings (SSSR count). The fourth-order valence-corrected chi connectivity index (χ4v) is 1.90. The van der Waals surface area contributed by atoms with Gasteiger partial charge in [-0.2, -0.15) is 5.10 Å². The molecule has 0 N–H and O–H groups in total. The van der Waals surface area contributed by atoms with Gasteiger partial charge in [0.1, 0.15) is 16.3 Å². The zero-order valence-corrected chi connectivity index (χ0v) is 9.65. The highest BCUT2D eigenvalue weighted by atomic mass is 79.9. The first-order valence-electron chi connectivity index (χ1n) is 4.49. The average Bonchev–Trinajstić information content (AvgIpc) is 2.56. The highest BCUT2D eigenvalue weighted by Crippen LogP contribution is 2.29. The molecule has 1 aliphatic rings. The van der Waals surface area contributed by atoms with E-state index in [-0.39, 0.29) is 11.8 Å². The molecule has 0 aromatic carbocycles. The minimum Gasteiger partial charge on any atom is -0.464 e. The number of methoxy groups -OCH3 is 1. The highest BCUT2D eigenvalue weighted by Gasteiger charge is 2.33. The molecule has 0 spiro atoms.